The number of aromatic nitrogens is 2. The minimum absolute atomic E-state index is 0.407. The molecule has 1 N–H and O–H groups in total. The van der Waals surface area contributed by atoms with Crippen LogP contribution in [-0.4, -0.2) is 16.1 Å². The third kappa shape index (κ3) is 4.45. The number of hydrogen-bond donors (Lipinski definition) is 1. The topological polar surface area (TPSA) is 70.8 Å². The van der Waals surface area contributed by atoms with Crippen LogP contribution in [0.2, 0.25) is 0 Å². The van der Waals surface area contributed by atoms with E-state index in [-0.39, 0.29) is 0 Å². The fraction of sp³-hybridized carbons (Fsp3) is 0.353. The Labute approximate surface area is 131 Å². The lowest BCUT2D eigenvalue weighted by atomic mass is 10.2. The summed E-state index contributed by atoms with van der Waals surface area (Å²) in [5.74, 6) is 2.27. The summed E-state index contributed by atoms with van der Waals surface area (Å²) in [5, 5.41) is 12.2. The number of nitrogens with one attached hydrogen (secondary N) is 1. The maximum absolute atomic E-state index is 8.96. The second kappa shape index (κ2) is 7.41. The van der Waals surface area contributed by atoms with E-state index in [1.807, 2.05) is 51.1 Å². The zero-order valence-electron chi connectivity index (χ0n) is 13.1. The second-order valence-corrected chi connectivity index (χ2v) is 5.09. The molecule has 5 nitrogen and oxygen atoms in total. The number of hydrogen-bond acceptors (Lipinski definition) is 5. The van der Waals surface area contributed by atoms with Gasteiger partial charge in [-0.3, -0.25) is 0 Å². The van der Waals surface area contributed by atoms with Gasteiger partial charge in [-0.15, -0.1) is 0 Å². The van der Waals surface area contributed by atoms with Crippen molar-refractivity contribution >= 4 is 5.82 Å². The van der Waals surface area contributed by atoms with Crippen LogP contribution in [0.1, 0.15) is 30.4 Å². The maximum atomic E-state index is 8.96. The molecule has 0 fully saturated rings. The molecule has 1 aromatic heterocycles. The van der Waals surface area contributed by atoms with Gasteiger partial charge in [0.25, 0.3) is 0 Å². The summed E-state index contributed by atoms with van der Waals surface area (Å²) >= 11 is 0. The van der Waals surface area contributed by atoms with E-state index in [9.17, 15) is 0 Å². The summed E-state index contributed by atoms with van der Waals surface area (Å²) in [4.78, 5) is 8.60. The van der Waals surface area contributed by atoms with Crippen LogP contribution in [0.25, 0.3) is 0 Å². The largest absolute Gasteiger partial charge is 0.476 e. The Morgan fingerprint density at radius 3 is 2.77 bits per heavy atom. The van der Waals surface area contributed by atoms with Crippen molar-refractivity contribution < 1.29 is 4.74 Å². The first-order chi connectivity index (χ1) is 10.6. The number of rotatable bonds is 6. The molecule has 114 valence electrons. The third-order valence-corrected chi connectivity index (χ3v) is 3.13. The van der Waals surface area contributed by atoms with Gasteiger partial charge < -0.3 is 10.1 Å². The summed E-state index contributed by atoms with van der Waals surface area (Å²) in [6.07, 6.45) is 0.258. The first-order valence-corrected chi connectivity index (χ1v) is 7.32. The molecule has 0 bridgehead atoms. The van der Waals surface area contributed by atoms with Gasteiger partial charge in [-0.1, -0.05) is 19.1 Å². The molecule has 5 heteroatoms. The average molecular weight is 296 g/mol. The lowest BCUT2D eigenvalue weighted by Gasteiger charge is -2.12. The van der Waals surface area contributed by atoms with E-state index in [0.717, 1.165) is 22.9 Å². The molecular formula is C17H20N4O. The first kappa shape index (κ1) is 15.8. The van der Waals surface area contributed by atoms with Crippen LogP contribution in [0.15, 0.2) is 30.3 Å². The van der Waals surface area contributed by atoms with Crippen LogP contribution in [0, 0.1) is 25.2 Å². The first-order valence-electron chi connectivity index (χ1n) is 7.32. The van der Waals surface area contributed by atoms with Crippen molar-refractivity contribution in [1.29, 1.82) is 5.26 Å². The molecule has 0 aliphatic heterocycles. The Balaban J connectivity index is 2.02. The molecule has 0 aliphatic carbocycles. The fourth-order valence-corrected chi connectivity index (χ4v) is 2.09. The van der Waals surface area contributed by atoms with Crippen LogP contribution in [-0.2, 0) is 6.54 Å². The van der Waals surface area contributed by atoms with Gasteiger partial charge in [0, 0.05) is 18.3 Å². The predicted octanol–water partition coefficient (Wildman–Crippen LogP) is 3.39. The number of nitrogens with zero attached hydrogens (tertiary/aromatic N) is 3. The lowest BCUT2D eigenvalue weighted by Crippen LogP contribution is -2.12. The van der Waals surface area contributed by atoms with E-state index in [1.54, 1.807) is 0 Å². The van der Waals surface area contributed by atoms with E-state index in [2.05, 4.69) is 21.4 Å². The predicted molar refractivity (Wildman–Crippen MR) is 85.6 cm³/mol. The quantitative estimate of drug-likeness (QED) is 0.884. The highest BCUT2D eigenvalue weighted by Crippen LogP contribution is 2.17. The van der Waals surface area contributed by atoms with Crippen molar-refractivity contribution in [3.8, 4) is 11.8 Å². The monoisotopic (exact) mass is 296 g/mol. The second-order valence-electron chi connectivity index (χ2n) is 5.09. The highest BCUT2D eigenvalue weighted by molar-refractivity contribution is 5.38. The number of benzene rings is 1. The standard InChI is InChI=1S/C17H20N4O/c1-4-15(10-18)22-16-7-5-6-14(9-16)11-19-17-8-12(2)20-13(3)21-17/h5-9,15H,4,11H2,1-3H3,(H,19,20,21). The number of nitriles is 1. The summed E-state index contributed by atoms with van der Waals surface area (Å²) in [6.45, 7) is 6.38. The van der Waals surface area contributed by atoms with Crippen molar-refractivity contribution in [3.05, 3.63) is 47.4 Å². The SMILES string of the molecule is CCC(C#N)Oc1cccc(CNc2cc(C)nc(C)n2)c1. The van der Waals surface area contributed by atoms with Gasteiger partial charge in [-0.05, 0) is 38.0 Å². The third-order valence-electron chi connectivity index (χ3n) is 3.13. The van der Waals surface area contributed by atoms with E-state index in [4.69, 9.17) is 10.00 Å². The molecule has 22 heavy (non-hydrogen) atoms. The van der Waals surface area contributed by atoms with Crippen LogP contribution in [0.5, 0.6) is 5.75 Å². The van der Waals surface area contributed by atoms with Gasteiger partial charge in [-0.2, -0.15) is 5.26 Å². The molecule has 0 spiro atoms. The van der Waals surface area contributed by atoms with Gasteiger partial charge in [0.1, 0.15) is 23.5 Å². The molecule has 0 saturated carbocycles. The van der Waals surface area contributed by atoms with Crippen molar-refractivity contribution in [3.63, 3.8) is 0 Å². The van der Waals surface area contributed by atoms with E-state index in [0.29, 0.717) is 18.7 Å². The Morgan fingerprint density at radius 2 is 2.09 bits per heavy atom. The molecule has 1 heterocycles. The average Bonchev–Trinajstić information content (AvgIpc) is 2.50. The molecule has 0 aliphatic rings. The molecule has 1 unspecified atom stereocenters. The molecule has 1 aromatic carbocycles. The van der Waals surface area contributed by atoms with Gasteiger partial charge in [0.2, 0.25) is 0 Å². The summed E-state index contributed by atoms with van der Waals surface area (Å²) in [6, 6.07) is 11.8. The van der Waals surface area contributed by atoms with Crippen LogP contribution in [0.3, 0.4) is 0 Å². The molecule has 0 radical (unpaired) electrons. The van der Waals surface area contributed by atoms with Crippen LogP contribution in [0.4, 0.5) is 5.82 Å². The summed E-state index contributed by atoms with van der Waals surface area (Å²) in [7, 11) is 0. The van der Waals surface area contributed by atoms with E-state index < -0.39 is 6.10 Å². The lowest BCUT2D eigenvalue weighted by molar-refractivity contribution is 0.251. The van der Waals surface area contributed by atoms with Crippen LogP contribution < -0.4 is 10.1 Å². The zero-order chi connectivity index (χ0) is 15.9. The Bertz CT molecular complexity index is 658. The van der Waals surface area contributed by atoms with Gasteiger partial charge >= 0.3 is 0 Å². The zero-order valence-corrected chi connectivity index (χ0v) is 13.1. The summed E-state index contributed by atoms with van der Waals surface area (Å²) < 4.78 is 5.63. The molecule has 1 atom stereocenters. The summed E-state index contributed by atoms with van der Waals surface area (Å²) in [5.41, 5.74) is 2.01. The smallest absolute Gasteiger partial charge is 0.184 e. The number of anilines is 1. The van der Waals surface area contributed by atoms with Crippen molar-refractivity contribution in [2.45, 2.75) is 39.8 Å². The molecule has 2 aromatic rings. The highest BCUT2D eigenvalue weighted by Gasteiger charge is 2.06. The van der Waals surface area contributed by atoms with Crippen molar-refractivity contribution in [1.82, 2.24) is 9.97 Å². The molecule has 0 saturated heterocycles. The molecule has 2 rings (SSSR count). The molecular weight excluding hydrogens is 276 g/mol. The van der Waals surface area contributed by atoms with E-state index in [1.165, 1.54) is 0 Å². The minimum Gasteiger partial charge on any atom is -0.476 e. The van der Waals surface area contributed by atoms with Gasteiger partial charge in [0.15, 0.2) is 6.10 Å². The van der Waals surface area contributed by atoms with Crippen molar-refractivity contribution in [2.75, 3.05) is 5.32 Å². The van der Waals surface area contributed by atoms with Crippen molar-refractivity contribution in [2.24, 2.45) is 0 Å². The van der Waals surface area contributed by atoms with Gasteiger partial charge in [0.05, 0.1) is 0 Å². The minimum atomic E-state index is -0.407. The Hall–Kier alpha value is -2.61. The van der Waals surface area contributed by atoms with Gasteiger partial charge in [-0.25, -0.2) is 9.97 Å². The fourth-order valence-electron chi connectivity index (χ4n) is 2.09. The normalized spacial score (nSPS) is 11.5. The number of aryl methyl sites for hydroxylation is 2. The Morgan fingerprint density at radius 1 is 1.27 bits per heavy atom. The van der Waals surface area contributed by atoms with Crippen LogP contribution >= 0.6 is 0 Å². The molecule has 0 amide bonds. The highest BCUT2D eigenvalue weighted by atomic mass is 16.5. The number of ether oxygens (including phenoxy) is 1. The maximum Gasteiger partial charge on any atom is 0.184 e. The Kier molecular flexibility index (Phi) is 5.31. The van der Waals surface area contributed by atoms with E-state index >= 15 is 0 Å².